The van der Waals surface area contributed by atoms with E-state index >= 15 is 0 Å². The number of nitrogens with two attached hydrogens (primary N) is 1. The molecule has 31 heavy (non-hydrogen) atoms. The van der Waals surface area contributed by atoms with Gasteiger partial charge in [-0.2, -0.15) is 35.1 Å². The van der Waals surface area contributed by atoms with Crippen LogP contribution in [0.5, 0.6) is 0 Å². The number of benzene rings is 2. The molecule has 0 aliphatic carbocycles. The highest BCUT2D eigenvalue weighted by molar-refractivity contribution is 14.1. The van der Waals surface area contributed by atoms with Crippen LogP contribution in [-0.4, -0.2) is 24.2 Å². The Morgan fingerprint density at radius 2 is 1.35 bits per heavy atom. The fourth-order valence-corrected chi connectivity index (χ4v) is 4.51. The van der Waals surface area contributed by atoms with Crippen LogP contribution in [0.25, 0.3) is 0 Å². The third-order valence-corrected chi connectivity index (χ3v) is 5.71. The number of anilines is 2. The normalized spacial score (nSPS) is 14.8. The van der Waals surface area contributed by atoms with E-state index in [0.29, 0.717) is 0 Å². The number of hydrogen-bond donors (Lipinski definition) is 2. The van der Waals surface area contributed by atoms with E-state index in [1.165, 1.54) is 69.4 Å². The van der Waals surface area contributed by atoms with Gasteiger partial charge in [-0.05, 0) is 75.5 Å². The van der Waals surface area contributed by atoms with Crippen LogP contribution in [0.3, 0.4) is 0 Å². The molecule has 1 atom stereocenters. The first-order valence-corrected chi connectivity index (χ1v) is 9.96. The molecule has 0 saturated carbocycles. The molecule has 0 bridgehead atoms. The Morgan fingerprint density at radius 1 is 0.839 bits per heavy atom. The summed E-state index contributed by atoms with van der Waals surface area (Å²) in [6, 6.07) is 5.86. The maximum absolute atomic E-state index is 14.7. The van der Waals surface area contributed by atoms with Crippen LogP contribution in [0.1, 0.15) is 15.9 Å². The Kier molecular flexibility index (Phi) is 7.05. The molecule has 1 unspecified atom stereocenters. The summed E-state index contributed by atoms with van der Waals surface area (Å²) in [7, 11) is 0. The second-order valence-electron chi connectivity index (χ2n) is 6.12. The lowest BCUT2D eigenvalue weighted by Crippen LogP contribution is -2.59. The van der Waals surface area contributed by atoms with Crippen molar-refractivity contribution in [3.05, 3.63) is 54.7 Å². The number of hydrogen-bond acceptors (Lipinski definition) is 2. The largest absolute Gasteiger partial charge is 0.457 e. The molecule has 2 aromatic carbocycles. The molecule has 14 heteroatoms. The summed E-state index contributed by atoms with van der Waals surface area (Å²) in [6.45, 7) is 0. The molecule has 170 valence electrons. The van der Waals surface area contributed by atoms with Crippen molar-refractivity contribution in [3.8, 4) is 0 Å². The molecule has 3 nitrogen and oxygen atoms in total. The van der Waals surface area contributed by atoms with Gasteiger partial charge in [0.1, 0.15) is 0 Å². The number of nitrogens with one attached hydrogen (secondary N) is 1. The highest BCUT2D eigenvalue weighted by Crippen LogP contribution is 2.58. The second-order valence-corrected chi connectivity index (χ2v) is 8.45. The number of rotatable bonds is 4. The Hall–Kier alpha value is -1.46. The molecule has 0 radical (unpaired) electrons. The molecular weight excluding hydrogens is 673 g/mol. The molecule has 0 fully saturated rings. The van der Waals surface area contributed by atoms with Crippen LogP contribution >= 0.6 is 45.2 Å². The summed E-state index contributed by atoms with van der Waals surface area (Å²) < 4.78 is 119. The maximum Gasteiger partial charge on any atom is 0.457 e. The van der Waals surface area contributed by atoms with Gasteiger partial charge in [0, 0.05) is 24.0 Å². The van der Waals surface area contributed by atoms with Crippen LogP contribution in [0.2, 0.25) is 0 Å². The topological polar surface area (TPSA) is 55.1 Å². The molecule has 0 heterocycles. The molecule has 0 aromatic heterocycles. The molecule has 1 amide bonds. The predicted octanol–water partition coefficient (Wildman–Crippen LogP) is 6.66. The Morgan fingerprint density at radius 3 is 1.77 bits per heavy atom. The van der Waals surface area contributed by atoms with Gasteiger partial charge in [-0.1, -0.05) is 6.07 Å². The number of alkyl halides is 9. The lowest BCUT2D eigenvalue weighted by Gasteiger charge is -2.36. The van der Waals surface area contributed by atoms with Crippen molar-refractivity contribution in [1.82, 2.24) is 0 Å². The van der Waals surface area contributed by atoms with Crippen molar-refractivity contribution in [3.63, 3.8) is 0 Å². The number of carbonyl (C=O) groups excluding carboxylic acids is 1. The van der Waals surface area contributed by atoms with Crippen molar-refractivity contribution in [2.75, 3.05) is 11.1 Å². The zero-order chi connectivity index (χ0) is 24.0. The third-order valence-electron chi connectivity index (χ3n) is 4.01. The third kappa shape index (κ3) is 4.68. The van der Waals surface area contributed by atoms with Gasteiger partial charge in [0.25, 0.3) is 5.91 Å². The second kappa shape index (κ2) is 8.47. The van der Waals surface area contributed by atoms with E-state index in [1.54, 1.807) is 0 Å². The fourth-order valence-electron chi connectivity index (χ4n) is 2.48. The van der Waals surface area contributed by atoms with Crippen molar-refractivity contribution >= 4 is 62.5 Å². The van der Waals surface area contributed by atoms with E-state index in [0.717, 1.165) is 0 Å². The number of carbonyl (C=O) groups is 1. The molecule has 2 aromatic rings. The first-order valence-electron chi connectivity index (χ1n) is 7.80. The van der Waals surface area contributed by atoms with Gasteiger partial charge in [-0.3, -0.25) is 4.79 Å². The summed E-state index contributed by atoms with van der Waals surface area (Å²) in [6.07, 6.45) is -13.4. The number of halogens is 11. The lowest BCUT2D eigenvalue weighted by atomic mass is 9.87. The highest BCUT2D eigenvalue weighted by atomic mass is 127. The predicted molar refractivity (Wildman–Crippen MR) is 111 cm³/mol. The molecule has 2 rings (SSSR count). The lowest BCUT2D eigenvalue weighted by molar-refractivity contribution is -0.389. The van der Waals surface area contributed by atoms with E-state index in [1.807, 2.05) is 0 Å². The van der Waals surface area contributed by atoms with E-state index in [9.17, 15) is 44.3 Å². The minimum Gasteiger partial charge on any atom is -0.399 e. The van der Waals surface area contributed by atoms with Crippen LogP contribution in [0, 0.1) is 7.14 Å². The molecule has 0 saturated heterocycles. The minimum atomic E-state index is -6.83. The standard InChI is InChI=1S/C17H9F9I2N2O/c18-14(16(21,22)23,15(19,20)17(24,25)26)8-5-10(27)12(11(28)6-8)30-13(31)7-2-1-3-9(29)4-7/h1-6H,29H2,(H,30,31). The van der Waals surface area contributed by atoms with Gasteiger partial charge < -0.3 is 11.1 Å². The average molecular weight is 682 g/mol. The molecule has 0 spiro atoms. The minimum absolute atomic E-state index is 0.0365. The zero-order valence-electron chi connectivity index (χ0n) is 14.6. The summed E-state index contributed by atoms with van der Waals surface area (Å²) in [4.78, 5) is 12.3. The van der Waals surface area contributed by atoms with Crippen molar-refractivity contribution in [2.24, 2.45) is 0 Å². The van der Waals surface area contributed by atoms with Gasteiger partial charge in [0.15, 0.2) is 0 Å². The van der Waals surface area contributed by atoms with Gasteiger partial charge in [-0.25, -0.2) is 4.39 Å². The Labute approximate surface area is 195 Å². The van der Waals surface area contributed by atoms with E-state index in [4.69, 9.17) is 5.73 Å². The molecular formula is C17H9F9I2N2O. The fraction of sp³-hybridized carbons (Fsp3) is 0.235. The quantitative estimate of drug-likeness (QED) is 0.216. The van der Waals surface area contributed by atoms with E-state index in [2.05, 4.69) is 5.32 Å². The highest BCUT2D eigenvalue weighted by Gasteiger charge is 2.81. The summed E-state index contributed by atoms with van der Waals surface area (Å²) in [5.41, 5.74) is -2.44. The zero-order valence-corrected chi connectivity index (χ0v) is 18.9. The summed E-state index contributed by atoms with van der Waals surface area (Å²) in [5.74, 6) is -7.57. The van der Waals surface area contributed by atoms with Crippen LogP contribution in [-0.2, 0) is 5.67 Å². The molecule has 0 aliphatic heterocycles. The van der Waals surface area contributed by atoms with E-state index < -0.39 is 42.6 Å². The van der Waals surface area contributed by atoms with Crippen LogP contribution in [0.15, 0.2) is 36.4 Å². The van der Waals surface area contributed by atoms with Crippen LogP contribution in [0.4, 0.5) is 50.9 Å². The number of amides is 1. The van der Waals surface area contributed by atoms with Gasteiger partial charge in [0.05, 0.1) is 5.69 Å². The van der Waals surface area contributed by atoms with Gasteiger partial charge >= 0.3 is 23.9 Å². The summed E-state index contributed by atoms with van der Waals surface area (Å²) >= 11 is 2.57. The smallest absolute Gasteiger partial charge is 0.399 e. The molecule has 0 aliphatic rings. The first kappa shape index (κ1) is 25.8. The van der Waals surface area contributed by atoms with Crippen molar-refractivity contribution in [2.45, 2.75) is 23.9 Å². The Balaban J connectivity index is 2.58. The van der Waals surface area contributed by atoms with Crippen molar-refractivity contribution < 1.29 is 44.3 Å². The van der Waals surface area contributed by atoms with E-state index in [-0.39, 0.29) is 29.1 Å². The maximum atomic E-state index is 14.7. The first-order chi connectivity index (χ1) is 13.9. The van der Waals surface area contributed by atoms with Gasteiger partial charge in [0.2, 0.25) is 0 Å². The van der Waals surface area contributed by atoms with Crippen LogP contribution < -0.4 is 11.1 Å². The number of nitrogen functional groups attached to an aromatic ring is 1. The SMILES string of the molecule is Nc1cccc(C(=O)Nc2c(I)cc(C(F)(C(F)(F)F)C(F)(F)C(F)(F)F)cc2I)c1. The van der Waals surface area contributed by atoms with Gasteiger partial charge in [-0.15, -0.1) is 0 Å². The van der Waals surface area contributed by atoms with Crippen molar-refractivity contribution in [1.29, 1.82) is 0 Å². The average Bonchev–Trinajstić information content (AvgIpc) is 2.61. The summed E-state index contributed by atoms with van der Waals surface area (Å²) in [5, 5.41) is 2.29. The molecule has 3 N–H and O–H groups in total. The monoisotopic (exact) mass is 682 g/mol. The Bertz CT molecular complexity index is 985.